The van der Waals surface area contributed by atoms with Crippen molar-refractivity contribution < 1.29 is 14.5 Å². The molecule has 0 saturated heterocycles. The Kier molecular flexibility index (Phi) is 5.41. The van der Waals surface area contributed by atoms with Crippen LogP contribution in [0.4, 0.5) is 16.6 Å². The van der Waals surface area contributed by atoms with E-state index in [-0.39, 0.29) is 24.1 Å². The summed E-state index contributed by atoms with van der Waals surface area (Å²) in [6.45, 7) is 3.16. The summed E-state index contributed by atoms with van der Waals surface area (Å²) in [6.07, 6.45) is 0. The first-order valence-corrected chi connectivity index (χ1v) is 8.88. The Labute approximate surface area is 159 Å². The predicted molar refractivity (Wildman–Crippen MR) is 101 cm³/mol. The number of hydrogen-bond donors (Lipinski definition) is 0. The molecule has 1 aromatic carbocycles. The fraction of sp³-hybridized carbons (Fsp3) is 0.167. The molecule has 3 aromatic rings. The van der Waals surface area contributed by atoms with Crippen LogP contribution in [0.15, 0.2) is 47.8 Å². The molecular weight excluding hydrogens is 368 g/mol. The van der Waals surface area contributed by atoms with Crippen molar-refractivity contribution in [3.05, 3.63) is 69.3 Å². The second-order valence-electron chi connectivity index (χ2n) is 5.63. The molecule has 2 aromatic heterocycles. The third-order valence-electron chi connectivity index (χ3n) is 3.59. The van der Waals surface area contributed by atoms with Gasteiger partial charge >= 0.3 is 5.82 Å². The number of ether oxygens (including phenoxy) is 1. The zero-order valence-corrected chi connectivity index (χ0v) is 15.5. The van der Waals surface area contributed by atoms with Gasteiger partial charge in [-0.05, 0) is 34.2 Å². The highest BCUT2D eigenvalue weighted by Crippen LogP contribution is 2.30. The van der Waals surface area contributed by atoms with E-state index in [1.54, 1.807) is 18.4 Å². The number of aryl methyl sites for hydroxylation is 1. The molecular formula is C18H16N4O4S. The van der Waals surface area contributed by atoms with Crippen molar-refractivity contribution in [3.63, 3.8) is 0 Å². The number of nitro groups is 1. The van der Waals surface area contributed by atoms with Gasteiger partial charge in [0.25, 0.3) is 0 Å². The topological polar surface area (TPSA) is 98.5 Å². The van der Waals surface area contributed by atoms with E-state index in [1.807, 2.05) is 30.3 Å². The van der Waals surface area contributed by atoms with Crippen LogP contribution < -0.4 is 9.64 Å². The number of hydrogen-bond acceptors (Lipinski definition) is 7. The lowest BCUT2D eigenvalue weighted by Gasteiger charge is -2.17. The zero-order valence-electron chi connectivity index (χ0n) is 14.7. The van der Waals surface area contributed by atoms with Gasteiger partial charge < -0.3 is 14.9 Å². The van der Waals surface area contributed by atoms with Crippen LogP contribution in [0, 0.1) is 17.0 Å². The van der Waals surface area contributed by atoms with Gasteiger partial charge in [0, 0.05) is 19.2 Å². The summed E-state index contributed by atoms with van der Waals surface area (Å²) in [5.74, 6) is -0.423. The number of aromatic nitrogens is 2. The third kappa shape index (κ3) is 4.26. The Hall–Kier alpha value is -3.33. The predicted octanol–water partition coefficient (Wildman–Crippen LogP) is 4.02. The summed E-state index contributed by atoms with van der Waals surface area (Å²) in [4.78, 5) is 32.4. The van der Waals surface area contributed by atoms with Crippen molar-refractivity contribution in [1.29, 1.82) is 0 Å². The van der Waals surface area contributed by atoms with E-state index in [1.165, 1.54) is 29.2 Å². The summed E-state index contributed by atoms with van der Waals surface area (Å²) in [5, 5.41) is 13.4. The minimum absolute atomic E-state index is 0.0304. The van der Waals surface area contributed by atoms with Gasteiger partial charge in [0.2, 0.25) is 11.7 Å². The molecule has 3 rings (SSSR count). The Bertz CT molecular complexity index is 975. The van der Waals surface area contributed by atoms with E-state index in [2.05, 4.69) is 9.97 Å². The number of carbonyl (C=O) groups excluding carboxylic acids is 1. The molecule has 0 atom stereocenters. The number of nitrogens with zero attached hydrogens (tertiary/aromatic N) is 4. The van der Waals surface area contributed by atoms with E-state index >= 15 is 0 Å². The van der Waals surface area contributed by atoms with Gasteiger partial charge in [0.15, 0.2) is 5.13 Å². The molecule has 8 nitrogen and oxygen atoms in total. The van der Waals surface area contributed by atoms with E-state index in [9.17, 15) is 14.9 Å². The van der Waals surface area contributed by atoms with Crippen LogP contribution in [0.25, 0.3) is 0 Å². The fourth-order valence-corrected chi connectivity index (χ4v) is 3.27. The fourth-order valence-electron chi connectivity index (χ4n) is 2.39. The van der Waals surface area contributed by atoms with Gasteiger partial charge in [-0.15, -0.1) is 11.3 Å². The Morgan fingerprint density at radius 2 is 1.96 bits per heavy atom. The third-order valence-corrected chi connectivity index (χ3v) is 4.46. The number of carbonyl (C=O) groups is 1. The highest BCUT2D eigenvalue weighted by molar-refractivity contribution is 7.14. The van der Waals surface area contributed by atoms with E-state index < -0.39 is 4.92 Å². The molecule has 0 bridgehead atoms. The number of para-hydroxylation sites is 1. The molecule has 0 fully saturated rings. The molecule has 0 aliphatic carbocycles. The average molecular weight is 384 g/mol. The molecule has 0 saturated carbocycles. The largest absolute Gasteiger partial charge is 0.479 e. The van der Waals surface area contributed by atoms with Crippen LogP contribution in [0.5, 0.6) is 5.75 Å². The van der Waals surface area contributed by atoms with Gasteiger partial charge in [0.1, 0.15) is 12.3 Å². The summed E-state index contributed by atoms with van der Waals surface area (Å²) < 4.78 is 5.54. The van der Waals surface area contributed by atoms with Crippen LogP contribution in [0.2, 0.25) is 0 Å². The van der Waals surface area contributed by atoms with Crippen molar-refractivity contribution >= 4 is 33.9 Å². The van der Waals surface area contributed by atoms with Crippen LogP contribution in [-0.4, -0.2) is 20.8 Å². The van der Waals surface area contributed by atoms with Crippen molar-refractivity contribution in [1.82, 2.24) is 9.97 Å². The number of pyridine rings is 1. The molecule has 2 heterocycles. The van der Waals surface area contributed by atoms with Gasteiger partial charge in [-0.3, -0.25) is 9.69 Å². The SMILES string of the molecule is CC(=O)N(c1ccccc1)c1nc(COc2ccc(C)nc2[N+](=O)[O-])cs1. The number of rotatable bonds is 6. The van der Waals surface area contributed by atoms with Crippen molar-refractivity contribution in [3.8, 4) is 5.75 Å². The van der Waals surface area contributed by atoms with E-state index in [0.717, 1.165) is 0 Å². The molecule has 0 unspecified atom stereocenters. The van der Waals surface area contributed by atoms with Crippen LogP contribution in [0.1, 0.15) is 18.3 Å². The van der Waals surface area contributed by atoms with Gasteiger partial charge in [-0.25, -0.2) is 4.98 Å². The van der Waals surface area contributed by atoms with Gasteiger partial charge in [-0.2, -0.15) is 0 Å². The highest BCUT2D eigenvalue weighted by atomic mass is 32.1. The Balaban J connectivity index is 1.79. The van der Waals surface area contributed by atoms with Crippen LogP contribution in [-0.2, 0) is 11.4 Å². The summed E-state index contributed by atoms with van der Waals surface area (Å²) in [7, 11) is 0. The first-order chi connectivity index (χ1) is 13.0. The molecule has 9 heteroatoms. The number of benzene rings is 1. The lowest BCUT2D eigenvalue weighted by atomic mass is 10.3. The van der Waals surface area contributed by atoms with E-state index in [4.69, 9.17) is 4.74 Å². The first-order valence-electron chi connectivity index (χ1n) is 8.00. The van der Waals surface area contributed by atoms with Crippen molar-refractivity contribution in [2.45, 2.75) is 20.5 Å². The minimum atomic E-state index is -0.582. The van der Waals surface area contributed by atoms with Crippen molar-refractivity contribution in [2.24, 2.45) is 0 Å². The molecule has 27 heavy (non-hydrogen) atoms. The Morgan fingerprint density at radius 3 is 2.63 bits per heavy atom. The first kappa shape index (κ1) is 18.5. The van der Waals surface area contributed by atoms with Crippen LogP contribution in [0.3, 0.4) is 0 Å². The molecule has 0 spiro atoms. The van der Waals surface area contributed by atoms with Gasteiger partial charge in [0.05, 0.1) is 11.4 Å². The van der Waals surface area contributed by atoms with E-state index in [0.29, 0.717) is 22.2 Å². The molecule has 0 N–H and O–H groups in total. The smallest absolute Gasteiger partial charge is 0.406 e. The zero-order chi connectivity index (χ0) is 19.4. The summed E-state index contributed by atoms with van der Waals surface area (Å²) >= 11 is 1.29. The normalized spacial score (nSPS) is 10.4. The monoisotopic (exact) mass is 384 g/mol. The van der Waals surface area contributed by atoms with Gasteiger partial charge in [-0.1, -0.05) is 18.2 Å². The lowest BCUT2D eigenvalue weighted by molar-refractivity contribution is -0.390. The number of anilines is 2. The summed E-state index contributed by atoms with van der Waals surface area (Å²) in [6, 6.07) is 12.3. The quantitative estimate of drug-likeness (QED) is 0.470. The molecule has 0 aliphatic rings. The number of thiazole rings is 1. The second kappa shape index (κ2) is 7.92. The summed E-state index contributed by atoms with van der Waals surface area (Å²) in [5.41, 5.74) is 1.81. The molecule has 1 amide bonds. The maximum Gasteiger partial charge on any atom is 0.406 e. The van der Waals surface area contributed by atoms with Crippen molar-refractivity contribution in [2.75, 3.05) is 4.90 Å². The van der Waals surface area contributed by atoms with Crippen LogP contribution >= 0.6 is 11.3 Å². The highest BCUT2D eigenvalue weighted by Gasteiger charge is 2.20. The Morgan fingerprint density at radius 1 is 1.22 bits per heavy atom. The molecule has 138 valence electrons. The second-order valence-corrected chi connectivity index (χ2v) is 6.47. The maximum atomic E-state index is 12.1. The lowest BCUT2D eigenvalue weighted by Crippen LogP contribution is -2.22. The molecule has 0 radical (unpaired) electrons. The molecule has 0 aliphatic heterocycles. The average Bonchev–Trinajstić information content (AvgIpc) is 3.09. The maximum absolute atomic E-state index is 12.1. The minimum Gasteiger partial charge on any atom is -0.479 e. The standard InChI is InChI=1S/C18H16N4O4S/c1-12-8-9-16(17(19-12)22(24)25)26-10-14-11-27-18(20-14)21(13(2)23)15-6-4-3-5-7-15/h3-9,11H,10H2,1-2H3. The number of amides is 1.